The van der Waals surface area contributed by atoms with E-state index in [0.29, 0.717) is 5.92 Å². The molecule has 1 aliphatic rings. The molecule has 1 N–H and O–H groups in total. The quantitative estimate of drug-likeness (QED) is 0.852. The van der Waals surface area contributed by atoms with Gasteiger partial charge < -0.3 is 5.11 Å². The van der Waals surface area contributed by atoms with Crippen molar-refractivity contribution in [1.82, 2.24) is 9.78 Å². The Labute approximate surface area is 95.3 Å². The SMILES string of the molecule is Cn1ncc(C2CCCCC2)c1CC(=O)O. The van der Waals surface area contributed by atoms with E-state index in [1.807, 2.05) is 13.2 Å². The minimum Gasteiger partial charge on any atom is -0.481 e. The van der Waals surface area contributed by atoms with Gasteiger partial charge in [-0.1, -0.05) is 19.3 Å². The molecule has 0 atom stereocenters. The second-order valence-corrected chi connectivity index (χ2v) is 4.58. The van der Waals surface area contributed by atoms with Crippen molar-refractivity contribution in [2.24, 2.45) is 7.05 Å². The first-order valence-electron chi connectivity index (χ1n) is 5.91. The van der Waals surface area contributed by atoms with Gasteiger partial charge in [-0.25, -0.2) is 0 Å². The number of aliphatic carboxylic acids is 1. The maximum absolute atomic E-state index is 10.8. The van der Waals surface area contributed by atoms with Crippen molar-refractivity contribution in [2.45, 2.75) is 44.4 Å². The minimum absolute atomic E-state index is 0.0856. The van der Waals surface area contributed by atoms with Gasteiger partial charge >= 0.3 is 5.97 Å². The van der Waals surface area contributed by atoms with Crippen LogP contribution in [-0.2, 0) is 18.3 Å². The van der Waals surface area contributed by atoms with E-state index in [1.165, 1.54) is 32.1 Å². The zero-order chi connectivity index (χ0) is 11.5. The zero-order valence-corrected chi connectivity index (χ0v) is 9.65. The fourth-order valence-corrected chi connectivity index (χ4v) is 2.59. The summed E-state index contributed by atoms with van der Waals surface area (Å²) in [6.45, 7) is 0. The van der Waals surface area contributed by atoms with Gasteiger partial charge in [0.15, 0.2) is 0 Å². The van der Waals surface area contributed by atoms with Crippen molar-refractivity contribution in [3.63, 3.8) is 0 Å². The van der Waals surface area contributed by atoms with Gasteiger partial charge in [-0.05, 0) is 24.3 Å². The van der Waals surface area contributed by atoms with Gasteiger partial charge in [0.05, 0.1) is 18.3 Å². The molecule has 0 aromatic carbocycles. The second kappa shape index (κ2) is 4.68. The monoisotopic (exact) mass is 222 g/mol. The van der Waals surface area contributed by atoms with E-state index in [9.17, 15) is 4.79 Å². The third kappa shape index (κ3) is 2.26. The van der Waals surface area contributed by atoms with Crippen LogP contribution in [0.3, 0.4) is 0 Å². The standard InChI is InChI=1S/C12H18N2O2/c1-14-11(7-12(15)16)10(8-13-14)9-5-3-2-4-6-9/h8-9H,2-7H2,1H3,(H,15,16). The second-order valence-electron chi connectivity index (χ2n) is 4.58. The Hall–Kier alpha value is -1.32. The van der Waals surface area contributed by atoms with Crippen LogP contribution in [0.25, 0.3) is 0 Å². The van der Waals surface area contributed by atoms with E-state index in [-0.39, 0.29) is 6.42 Å². The lowest BCUT2D eigenvalue weighted by Crippen LogP contribution is -2.11. The molecule has 1 fully saturated rings. The first-order chi connectivity index (χ1) is 7.68. The zero-order valence-electron chi connectivity index (χ0n) is 9.65. The van der Waals surface area contributed by atoms with E-state index in [4.69, 9.17) is 5.11 Å². The maximum Gasteiger partial charge on any atom is 0.309 e. The number of rotatable bonds is 3. The molecule has 0 spiro atoms. The smallest absolute Gasteiger partial charge is 0.309 e. The van der Waals surface area contributed by atoms with Gasteiger partial charge in [0.1, 0.15) is 0 Å². The number of hydrogen-bond donors (Lipinski definition) is 1. The number of carbonyl (C=O) groups is 1. The Kier molecular flexibility index (Phi) is 3.27. The van der Waals surface area contributed by atoms with E-state index >= 15 is 0 Å². The van der Waals surface area contributed by atoms with Crippen LogP contribution >= 0.6 is 0 Å². The Morgan fingerprint density at radius 3 is 2.81 bits per heavy atom. The Morgan fingerprint density at radius 2 is 2.19 bits per heavy atom. The van der Waals surface area contributed by atoms with E-state index < -0.39 is 5.97 Å². The Balaban J connectivity index is 2.22. The van der Waals surface area contributed by atoms with E-state index in [1.54, 1.807) is 4.68 Å². The summed E-state index contributed by atoms with van der Waals surface area (Å²) in [5, 5.41) is 13.1. The molecule has 16 heavy (non-hydrogen) atoms. The average Bonchev–Trinajstić information content (AvgIpc) is 2.61. The maximum atomic E-state index is 10.8. The highest BCUT2D eigenvalue weighted by atomic mass is 16.4. The molecule has 0 unspecified atom stereocenters. The topological polar surface area (TPSA) is 55.1 Å². The van der Waals surface area contributed by atoms with E-state index in [2.05, 4.69) is 5.10 Å². The van der Waals surface area contributed by atoms with E-state index in [0.717, 1.165) is 11.3 Å². The predicted molar refractivity (Wildman–Crippen MR) is 60.4 cm³/mol. The highest BCUT2D eigenvalue weighted by molar-refractivity contribution is 5.70. The van der Waals surface area contributed by atoms with Crippen molar-refractivity contribution < 1.29 is 9.90 Å². The summed E-state index contributed by atoms with van der Waals surface area (Å²) in [7, 11) is 1.82. The normalized spacial score (nSPS) is 17.6. The third-order valence-electron chi connectivity index (χ3n) is 3.46. The number of nitrogens with zero attached hydrogens (tertiary/aromatic N) is 2. The molecule has 1 aromatic heterocycles. The summed E-state index contributed by atoms with van der Waals surface area (Å²) in [6, 6.07) is 0. The molecule has 1 heterocycles. The molecule has 0 amide bonds. The average molecular weight is 222 g/mol. The summed E-state index contributed by atoms with van der Waals surface area (Å²) in [5.41, 5.74) is 2.03. The van der Waals surface area contributed by atoms with Crippen LogP contribution in [-0.4, -0.2) is 20.9 Å². The molecule has 0 saturated heterocycles. The third-order valence-corrected chi connectivity index (χ3v) is 3.46. The van der Waals surface area contributed by atoms with Gasteiger partial charge in [0.25, 0.3) is 0 Å². The predicted octanol–water partition coefficient (Wildman–Crippen LogP) is 2.09. The highest BCUT2D eigenvalue weighted by Crippen LogP contribution is 2.34. The number of aromatic nitrogens is 2. The lowest BCUT2D eigenvalue weighted by molar-refractivity contribution is -0.136. The molecule has 0 aliphatic heterocycles. The van der Waals surface area contributed by atoms with Crippen LogP contribution in [0.4, 0.5) is 0 Å². The highest BCUT2D eigenvalue weighted by Gasteiger charge is 2.22. The fourth-order valence-electron chi connectivity index (χ4n) is 2.59. The summed E-state index contributed by atoms with van der Waals surface area (Å²) in [5.74, 6) is -0.252. The number of carboxylic acids is 1. The molecule has 1 aromatic rings. The summed E-state index contributed by atoms with van der Waals surface area (Å²) >= 11 is 0. The lowest BCUT2D eigenvalue weighted by Gasteiger charge is -2.21. The fraction of sp³-hybridized carbons (Fsp3) is 0.667. The van der Waals surface area contributed by atoms with Crippen LogP contribution in [0, 0.1) is 0 Å². The molecule has 0 radical (unpaired) electrons. The summed E-state index contributed by atoms with van der Waals surface area (Å²) in [6.07, 6.45) is 8.12. The number of hydrogen-bond acceptors (Lipinski definition) is 2. The van der Waals surface area contributed by atoms with Crippen LogP contribution in [0.5, 0.6) is 0 Å². The van der Waals surface area contributed by atoms with Crippen molar-refractivity contribution >= 4 is 5.97 Å². The largest absolute Gasteiger partial charge is 0.481 e. The van der Waals surface area contributed by atoms with Gasteiger partial charge in [0, 0.05) is 7.05 Å². The summed E-state index contributed by atoms with van der Waals surface area (Å²) in [4.78, 5) is 10.8. The molecule has 4 heteroatoms. The van der Waals surface area contributed by atoms with Gasteiger partial charge in [0.2, 0.25) is 0 Å². The van der Waals surface area contributed by atoms with Gasteiger partial charge in [-0.3, -0.25) is 9.48 Å². The number of aryl methyl sites for hydroxylation is 1. The minimum atomic E-state index is -0.777. The molecule has 0 bridgehead atoms. The first-order valence-corrected chi connectivity index (χ1v) is 5.91. The van der Waals surface area contributed by atoms with Gasteiger partial charge in [-0.2, -0.15) is 5.10 Å². The molecule has 2 rings (SSSR count). The van der Waals surface area contributed by atoms with Crippen LogP contribution < -0.4 is 0 Å². The summed E-state index contributed by atoms with van der Waals surface area (Å²) < 4.78 is 1.71. The van der Waals surface area contributed by atoms with Crippen LogP contribution in [0.2, 0.25) is 0 Å². The van der Waals surface area contributed by atoms with Crippen LogP contribution in [0.15, 0.2) is 6.20 Å². The van der Waals surface area contributed by atoms with Crippen LogP contribution in [0.1, 0.15) is 49.3 Å². The van der Waals surface area contributed by atoms with Crippen molar-refractivity contribution in [1.29, 1.82) is 0 Å². The molecular formula is C12H18N2O2. The van der Waals surface area contributed by atoms with Crippen molar-refractivity contribution in [3.05, 3.63) is 17.5 Å². The Morgan fingerprint density at radius 1 is 1.50 bits per heavy atom. The Bertz CT molecular complexity index is 378. The van der Waals surface area contributed by atoms with Crippen molar-refractivity contribution in [3.8, 4) is 0 Å². The molecule has 1 aliphatic carbocycles. The van der Waals surface area contributed by atoms with Crippen molar-refractivity contribution in [2.75, 3.05) is 0 Å². The molecular weight excluding hydrogens is 204 g/mol. The molecule has 88 valence electrons. The number of carboxylic acid groups (broad SMARTS) is 1. The molecule has 4 nitrogen and oxygen atoms in total. The lowest BCUT2D eigenvalue weighted by atomic mass is 9.84. The van der Waals surface area contributed by atoms with Gasteiger partial charge in [-0.15, -0.1) is 0 Å². The first kappa shape index (κ1) is 11.2. The molecule has 1 saturated carbocycles.